The number of halogens is 1. The molecule has 3 rings (SSSR count). The van der Waals surface area contributed by atoms with E-state index < -0.39 is 28.3 Å². The van der Waals surface area contributed by atoms with Crippen LogP contribution in [-0.2, 0) is 14.8 Å². The highest BCUT2D eigenvalue weighted by molar-refractivity contribution is 7.89. The Hall–Kier alpha value is -2.45. The molecular weight excluding hydrogens is 369 g/mol. The second kappa shape index (κ2) is 8.49. The third-order valence-electron chi connectivity index (χ3n) is 4.42. The van der Waals surface area contributed by atoms with Crippen LogP contribution in [0.1, 0.15) is 19.3 Å². The molecule has 144 valence electrons. The molecule has 6 nitrogen and oxygen atoms in total. The van der Waals surface area contributed by atoms with Gasteiger partial charge in [-0.05, 0) is 67.8 Å². The molecule has 0 atom stereocenters. The molecule has 0 spiro atoms. The highest BCUT2D eigenvalue weighted by atomic mass is 32.2. The predicted octanol–water partition coefficient (Wildman–Crippen LogP) is 2.73. The van der Waals surface area contributed by atoms with Gasteiger partial charge in [-0.25, -0.2) is 17.5 Å². The molecule has 2 N–H and O–H groups in total. The normalized spacial score (nSPS) is 14.8. The minimum Gasteiger partial charge on any atom is -0.372 e. The second-order valence-electron chi connectivity index (χ2n) is 6.42. The summed E-state index contributed by atoms with van der Waals surface area (Å²) in [7, 11) is -3.87. The van der Waals surface area contributed by atoms with Gasteiger partial charge in [0.25, 0.3) is 0 Å². The van der Waals surface area contributed by atoms with Crippen LogP contribution in [0.5, 0.6) is 0 Å². The Morgan fingerprint density at radius 2 is 1.59 bits per heavy atom. The highest BCUT2D eigenvalue weighted by Crippen LogP contribution is 2.21. The molecule has 0 radical (unpaired) electrons. The van der Waals surface area contributed by atoms with Crippen LogP contribution in [0.25, 0.3) is 0 Å². The molecule has 1 saturated heterocycles. The number of hydrogen-bond donors (Lipinski definition) is 2. The first-order valence-electron chi connectivity index (χ1n) is 8.84. The van der Waals surface area contributed by atoms with Crippen LogP contribution in [-0.4, -0.2) is 34.0 Å². The van der Waals surface area contributed by atoms with Crippen molar-refractivity contribution in [3.05, 3.63) is 54.3 Å². The summed E-state index contributed by atoms with van der Waals surface area (Å²) < 4.78 is 39.3. The Morgan fingerprint density at radius 1 is 0.963 bits per heavy atom. The lowest BCUT2D eigenvalue weighted by atomic mass is 10.1. The summed E-state index contributed by atoms with van der Waals surface area (Å²) in [6, 6.07) is 11.9. The number of amides is 1. The zero-order chi connectivity index (χ0) is 19.3. The van der Waals surface area contributed by atoms with Gasteiger partial charge in [0, 0.05) is 24.5 Å². The summed E-state index contributed by atoms with van der Waals surface area (Å²) >= 11 is 0. The van der Waals surface area contributed by atoms with E-state index in [9.17, 15) is 17.6 Å². The molecule has 1 fully saturated rings. The molecule has 1 heterocycles. The summed E-state index contributed by atoms with van der Waals surface area (Å²) in [5.74, 6) is -1.01. The number of sulfonamides is 1. The standard InChI is InChI=1S/C19H22FN3O3S/c20-15-4-10-18(11-5-15)27(25,26)21-14-19(24)22-16-6-8-17(9-7-16)23-12-2-1-3-13-23/h4-11,21H,1-3,12-14H2,(H,22,24). The molecule has 0 unspecified atom stereocenters. The van der Waals surface area contributed by atoms with Gasteiger partial charge in [-0.3, -0.25) is 4.79 Å². The quantitative estimate of drug-likeness (QED) is 0.794. The number of carbonyl (C=O) groups excluding carboxylic acids is 1. The van der Waals surface area contributed by atoms with Gasteiger partial charge in [0.2, 0.25) is 15.9 Å². The Bertz CT molecular complexity index is 877. The maximum atomic E-state index is 12.9. The van der Waals surface area contributed by atoms with Gasteiger partial charge < -0.3 is 10.2 Å². The van der Waals surface area contributed by atoms with Crippen molar-refractivity contribution < 1.29 is 17.6 Å². The number of carbonyl (C=O) groups is 1. The number of nitrogens with zero attached hydrogens (tertiary/aromatic N) is 1. The van der Waals surface area contributed by atoms with Crippen molar-refractivity contribution in [2.45, 2.75) is 24.2 Å². The summed E-state index contributed by atoms with van der Waals surface area (Å²) in [4.78, 5) is 14.2. The lowest BCUT2D eigenvalue weighted by Crippen LogP contribution is -2.33. The first-order chi connectivity index (χ1) is 12.9. The third kappa shape index (κ3) is 5.27. The van der Waals surface area contributed by atoms with Crippen molar-refractivity contribution in [2.24, 2.45) is 0 Å². The van der Waals surface area contributed by atoms with Gasteiger partial charge >= 0.3 is 0 Å². The van der Waals surface area contributed by atoms with Gasteiger partial charge in [-0.2, -0.15) is 0 Å². The van der Waals surface area contributed by atoms with Crippen LogP contribution in [0.4, 0.5) is 15.8 Å². The van der Waals surface area contributed by atoms with Crippen LogP contribution in [0.3, 0.4) is 0 Å². The molecular formula is C19H22FN3O3S. The molecule has 1 amide bonds. The Morgan fingerprint density at radius 3 is 2.22 bits per heavy atom. The molecule has 0 aliphatic carbocycles. The van der Waals surface area contributed by atoms with Crippen molar-refractivity contribution in [3.63, 3.8) is 0 Å². The van der Waals surface area contributed by atoms with Crippen LogP contribution in [0.15, 0.2) is 53.4 Å². The van der Waals surface area contributed by atoms with E-state index in [4.69, 9.17) is 0 Å². The molecule has 2 aromatic carbocycles. The fourth-order valence-electron chi connectivity index (χ4n) is 2.97. The number of rotatable bonds is 6. The first-order valence-corrected chi connectivity index (χ1v) is 10.3. The molecule has 0 aromatic heterocycles. The minimum absolute atomic E-state index is 0.0948. The zero-order valence-corrected chi connectivity index (χ0v) is 15.6. The van der Waals surface area contributed by atoms with E-state index >= 15 is 0 Å². The summed E-state index contributed by atoms with van der Waals surface area (Å²) in [5.41, 5.74) is 1.71. The van der Waals surface area contributed by atoms with E-state index in [1.165, 1.54) is 19.3 Å². The Labute approximate surface area is 158 Å². The zero-order valence-electron chi connectivity index (χ0n) is 14.8. The van der Waals surface area contributed by atoms with E-state index in [1.807, 2.05) is 12.1 Å². The predicted molar refractivity (Wildman–Crippen MR) is 103 cm³/mol. The lowest BCUT2D eigenvalue weighted by Gasteiger charge is -2.28. The van der Waals surface area contributed by atoms with Crippen LogP contribution in [0.2, 0.25) is 0 Å². The van der Waals surface area contributed by atoms with Crippen molar-refractivity contribution in [2.75, 3.05) is 29.9 Å². The maximum Gasteiger partial charge on any atom is 0.241 e. The van der Waals surface area contributed by atoms with E-state index in [-0.39, 0.29) is 4.90 Å². The van der Waals surface area contributed by atoms with Crippen molar-refractivity contribution in [1.82, 2.24) is 4.72 Å². The average Bonchev–Trinajstić information content (AvgIpc) is 2.68. The van der Waals surface area contributed by atoms with Gasteiger partial charge in [0.1, 0.15) is 5.82 Å². The number of anilines is 2. The average molecular weight is 391 g/mol. The molecule has 2 aromatic rings. The third-order valence-corrected chi connectivity index (χ3v) is 5.84. The number of benzene rings is 2. The Kier molecular flexibility index (Phi) is 6.08. The molecule has 0 saturated carbocycles. The second-order valence-corrected chi connectivity index (χ2v) is 8.19. The van der Waals surface area contributed by atoms with Crippen molar-refractivity contribution in [3.8, 4) is 0 Å². The smallest absolute Gasteiger partial charge is 0.241 e. The SMILES string of the molecule is O=C(CNS(=O)(=O)c1ccc(F)cc1)Nc1ccc(N2CCCCC2)cc1. The lowest BCUT2D eigenvalue weighted by molar-refractivity contribution is -0.115. The minimum atomic E-state index is -3.87. The van der Waals surface area contributed by atoms with E-state index in [2.05, 4.69) is 14.9 Å². The molecule has 1 aliphatic heterocycles. The number of piperidine rings is 1. The van der Waals surface area contributed by atoms with Crippen LogP contribution in [0, 0.1) is 5.82 Å². The van der Waals surface area contributed by atoms with Crippen molar-refractivity contribution >= 4 is 27.3 Å². The van der Waals surface area contributed by atoms with Gasteiger partial charge in [0.15, 0.2) is 0 Å². The number of hydrogen-bond acceptors (Lipinski definition) is 4. The first kappa shape index (κ1) is 19.3. The fraction of sp³-hybridized carbons (Fsp3) is 0.316. The molecule has 1 aliphatic rings. The maximum absolute atomic E-state index is 12.9. The topological polar surface area (TPSA) is 78.5 Å². The van der Waals surface area contributed by atoms with Gasteiger partial charge in [-0.1, -0.05) is 0 Å². The van der Waals surface area contributed by atoms with E-state index in [1.54, 1.807) is 12.1 Å². The number of nitrogens with one attached hydrogen (secondary N) is 2. The van der Waals surface area contributed by atoms with Crippen LogP contribution >= 0.6 is 0 Å². The Balaban J connectivity index is 1.53. The molecule has 0 bridgehead atoms. The van der Waals surface area contributed by atoms with Gasteiger partial charge in [0.05, 0.1) is 11.4 Å². The van der Waals surface area contributed by atoms with Crippen molar-refractivity contribution in [1.29, 1.82) is 0 Å². The van der Waals surface area contributed by atoms with Crippen LogP contribution < -0.4 is 14.9 Å². The monoisotopic (exact) mass is 391 g/mol. The largest absolute Gasteiger partial charge is 0.372 e. The van der Waals surface area contributed by atoms with Gasteiger partial charge in [-0.15, -0.1) is 0 Å². The molecule has 27 heavy (non-hydrogen) atoms. The van der Waals surface area contributed by atoms with E-state index in [0.29, 0.717) is 5.69 Å². The fourth-order valence-corrected chi connectivity index (χ4v) is 3.95. The summed E-state index contributed by atoms with van der Waals surface area (Å²) in [5, 5.41) is 2.66. The summed E-state index contributed by atoms with van der Waals surface area (Å²) in [6.45, 7) is 1.67. The highest BCUT2D eigenvalue weighted by Gasteiger charge is 2.16. The summed E-state index contributed by atoms with van der Waals surface area (Å²) in [6.07, 6.45) is 3.64. The molecule has 8 heteroatoms. The van der Waals surface area contributed by atoms with E-state index in [0.717, 1.165) is 43.0 Å².